The van der Waals surface area contributed by atoms with E-state index in [1.165, 1.54) is 31.4 Å². The summed E-state index contributed by atoms with van der Waals surface area (Å²) >= 11 is 1.62. The Morgan fingerprint density at radius 2 is 1.74 bits per heavy atom. The molecule has 0 atom stereocenters. The zero-order valence-corrected chi connectivity index (χ0v) is 19.7. The molecule has 2 aromatic carbocycles. The van der Waals surface area contributed by atoms with Gasteiger partial charge in [-0.15, -0.1) is 0 Å². The number of rotatable bonds is 7. The minimum atomic E-state index is -0.233. The molecule has 0 unspecified atom stereocenters. The standard InChI is InChI=1S/C27H27FN4OS/c28-22-12-8-20(9-13-22)18-34-27-31-24-14-15-29-16-25(24)32(27)17-19-6-10-21(11-7-19)26(33)30-23-4-2-1-3-5-23/h6-16,23H,1-5,17-18H2,(H,30,33). The highest BCUT2D eigenvalue weighted by atomic mass is 32.2. The first-order valence-corrected chi connectivity index (χ1v) is 12.7. The van der Waals surface area contributed by atoms with E-state index in [2.05, 4.69) is 14.9 Å². The summed E-state index contributed by atoms with van der Waals surface area (Å²) in [5.74, 6) is 0.464. The normalized spacial score (nSPS) is 14.4. The van der Waals surface area contributed by atoms with Crippen molar-refractivity contribution in [1.82, 2.24) is 19.9 Å². The Labute approximate surface area is 202 Å². The van der Waals surface area contributed by atoms with Gasteiger partial charge in [-0.25, -0.2) is 9.37 Å². The van der Waals surface area contributed by atoms with Crippen LogP contribution < -0.4 is 5.32 Å². The molecule has 0 aliphatic heterocycles. The minimum Gasteiger partial charge on any atom is -0.349 e. The van der Waals surface area contributed by atoms with Crippen LogP contribution in [0.3, 0.4) is 0 Å². The Morgan fingerprint density at radius 3 is 2.50 bits per heavy atom. The first kappa shape index (κ1) is 22.6. The number of carbonyl (C=O) groups excluding carboxylic acids is 1. The number of benzene rings is 2. The van der Waals surface area contributed by atoms with Crippen LogP contribution in [0.1, 0.15) is 53.6 Å². The second kappa shape index (κ2) is 10.4. The summed E-state index contributed by atoms with van der Waals surface area (Å²) in [6, 6.07) is 16.6. The zero-order valence-electron chi connectivity index (χ0n) is 18.9. The van der Waals surface area contributed by atoms with E-state index in [4.69, 9.17) is 4.98 Å². The fourth-order valence-corrected chi connectivity index (χ4v) is 5.37. The first-order valence-electron chi connectivity index (χ1n) is 11.7. The third-order valence-corrected chi connectivity index (χ3v) is 7.34. The highest BCUT2D eigenvalue weighted by molar-refractivity contribution is 7.98. The Kier molecular flexibility index (Phi) is 6.90. The van der Waals surface area contributed by atoms with E-state index in [1.54, 1.807) is 30.1 Å². The monoisotopic (exact) mass is 474 g/mol. The van der Waals surface area contributed by atoms with Crippen LogP contribution in [0.2, 0.25) is 0 Å². The van der Waals surface area contributed by atoms with Crippen molar-refractivity contribution < 1.29 is 9.18 Å². The molecule has 0 spiro atoms. The van der Waals surface area contributed by atoms with E-state index in [0.29, 0.717) is 23.9 Å². The molecule has 1 amide bonds. The lowest BCUT2D eigenvalue weighted by Gasteiger charge is -2.22. The molecule has 1 aliphatic rings. The van der Waals surface area contributed by atoms with Crippen molar-refractivity contribution in [2.45, 2.75) is 55.6 Å². The molecule has 7 heteroatoms. The van der Waals surface area contributed by atoms with Gasteiger partial charge in [0.1, 0.15) is 5.82 Å². The van der Waals surface area contributed by atoms with Gasteiger partial charge in [0.25, 0.3) is 5.91 Å². The van der Waals surface area contributed by atoms with E-state index in [1.807, 2.05) is 36.5 Å². The number of imidazole rings is 1. The van der Waals surface area contributed by atoms with Crippen LogP contribution in [-0.4, -0.2) is 26.5 Å². The maximum absolute atomic E-state index is 13.2. The summed E-state index contributed by atoms with van der Waals surface area (Å²) in [6.07, 6.45) is 9.37. The molecule has 1 aliphatic carbocycles. The predicted molar refractivity (Wildman–Crippen MR) is 133 cm³/mol. The first-order chi connectivity index (χ1) is 16.7. The second-order valence-corrected chi connectivity index (χ2v) is 9.71. The zero-order chi connectivity index (χ0) is 23.3. The van der Waals surface area contributed by atoms with Crippen LogP contribution in [-0.2, 0) is 12.3 Å². The van der Waals surface area contributed by atoms with Gasteiger partial charge < -0.3 is 9.88 Å². The number of nitrogens with one attached hydrogen (secondary N) is 1. The van der Waals surface area contributed by atoms with Crippen LogP contribution in [0.4, 0.5) is 4.39 Å². The van der Waals surface area contributed by atoms with Crippen LogP contribution in [0.5, 0.6) is 0 Å². The molecule has 0 saturated heterocycles. The van der Waals surface area contributed by atoms with Gasteiger partial charge in [0, 0.05) is 23.6 Å². The van der Waals surface area contributed by atoms with Crippen molar-refractivity contribution in [1.29, 1.82) is 0 Å². The van der Waals surface area contributed by atoms with Crippen molar-refractivity contribution in [3.05, 3.63) is 89.5 Å². The highest BCUT2D eigenvalue weighted by Crippen LogP contribution is 2.27. The van der Waals surface area contributed by atoms with Gasteiger partial charge in [-0.2, -0.15) is 0 Å². The number of carbonyl (C=O) groups is 1. The maximum Gasteiger partial charge on any atom is 0.251 e. The minimum absolute atomic E-state index is 0.00581. The molecular weight excluding hydrogens is 447 g/mol. The van der Waals surface area contributed by atoms with Gasteiger partial charge in [-0.05, 0) is 54.3 Å². The Balaban J connectivity index is 1.31. The number of nitrogens with zero attached hydrogens (tertiary/aromatic N) is 3. The molecule has 1 saturated carbocycles. The number of aromatic nitrogens is 3. The quantitative estimate of drug-likeness (QED) is 0.335. The fraction of sp³-hybridized carbons (Fsp3) is 0.296. The van der Waals surface area contributed by atoms with Crippen molar-refractivity contribution in [3.8, 4) is 0 Å². The molecular formula is C27H27FN4OS. The van der Waals surface area contributed by atoms with E-state index >= 15 is 0 Å². The lowest BCUT2D eigenvalue weighted by Crippen LogP contribution is -2.36. The van der Waals surface area contributed by atoms with Crippen molar-refractivity contribution in [2.24, 2.45) is 0 Å². The van der Waals surface area contributed by atoms with Crippen molar-refractivity contribution in [3.63, 3.8) is 0 Å². The molecule has 2 heterocycles. The van der Waals surface area contributed by atoms with Crippen LogP contribution in [0.15, 0.2) is 72.1 Å². The highest BCUT2D eigenvalue weighted by Gasteiger charge is 2.17. The average molecular weight is 475 g/mol. The summed E-state index contributed by atoms with van der Waals surface area (Å²) in [4.78, 5) is 21.7. The molecule has 0 radical (unpaired) electrons. The molecule has 1 N–H and O–H groups in total. The van der Waals surface area contributed by atoms with Crippen molar-refractivity contribution >= 4 is 28.7 Å². The number of fused-ring (bicyclic) bond motifs is 1. The van der Waals surface area contributed by atoms with Crippen molar-refractivity contribution in [2.75, 3.05) is 0 Å². The summed E-state index contributed by atoms with van der Waals surface area (Å²) < 4.78 is 15.4. The second-order valence-electron chi connectivity index (χ2n) is 8.77. The Bertz CT molecular complexity index is 1260. The molecule has 5 rings (SSSR count). The summed E-state index contributed by atoms with van der Waals surface area (Å²) in [5, 5.41) is 4.06. The molecule has 5 nitrogen and oxygen atoms in total. The number of amides is 1. The summed E-state index contributed by atoms with van der Waals surface area (Å²) in [7, 11) is 0. The summed E-state index contributed by atoms with van der Waals surface area (Å²) in [5.41, 5.74) is 4.66. The topological polar surface area (TPSA) is 59.8 Å². The van der Waals surface area contributed by atoms with Gasteiger partial charge in [-0.3, -0.25) is 9.78 Å². The lowest BCUT2D eigenvalue weighted by molar-refractivity contribution is 0.0927. The Morgan fingerprint density at radius 1 is 1.00 bits per heavy atom. The molecule has 2 aromatic heterocycles. The lowest BCUT2D eigenvalue weighted by atomic mass is 9.95. The molecule has 34 heavy (non-hydrogen) atoms. The van der Waals surface area contributed by atoms with Crippen LogP contribution >= 0.6 is 11.8 Å². The number of pyridine rings is 1. The van der Waals surface area contributed by atoms with E-state index < -0.39 is 0 Å². The van der Waals surface area contributed by atoms with E-state index in [-0.39, 0.29) is 11.7 Å². The molecule has 0 bridgehead atoms. The molecule has 174 valence electrons. The maximum atomic E-state index is 13.2. The SMILES string of the molecule is O=C(NC1CCCCC1)c1ccc(Cn2c(SCc3ccc(F)cc3)nc3ccncc32)cc1. The van der Waals surface area contributed by atoms with Gasteiger partial charge in [0.05, 0.1) is 23.8 Å². The number of hydrogen-bond donors (Lipinski definition) is 1. The van der Waals surface area contributed by atoms with Gasteiger partial charge in [0.15, 0.2) is 5.16 Å². The van der Waals surface area contributed by atoms with Crippen LogP contribution in [0.25, 0.3) is 11.0 Å². The third kappa shape index (κ3) is 5.30. The fourth-order valence-electron chi connectivity index (χ4n) is 4.40. The van der Waals surface area contributed by atoms with Crippen LogP contribution in [0, 0.1) is 5.82 Å². The van der Waals surface area contributed by atoms with Gasteiger partial charge in [-0.1, -0.05) is 55.3 Å². The van der Waals surface area contributed by atoms with Gasteiger partial charge >= 0.3 is 0 Å². The van der Waals surface area contributed by atoms with E-state index in [9.17, 15) is 9.18 Å². The van der Waals surface area contributed by atoms with Gasteiger partial charge in [0.2, 0.25) is 0 Å². The predicted octanol–water partition coefficient (Wildman–Crippen LogP) is 5.97. The summed E-state index contributed by atoms with van der Waals surface area (Å²) in [6.45, 7) is 0.623. The number of hydrogen-bond acceptors (Lipinski definition) is 4. The van der Waals surface area contributed by atoms with E-state index in [0.717, 1.165) is 40.2 Å². The number of halogens is 1. The Hall–Kier alpha value is -3.19. The largest absolute Gasteiger partial charge is 0.349 e. The molecule has 4 aromatic rings. The third-order valence-electron chi connectivity index (χ3n) is 6.29. The smallest absolute Gasteiger partial charge is 0.251 e. The molecule has 1 fully saturated rings. The number of thioether (sulfide) groups is 1. The average Bonchev–Trinajstić information content (AvgIpc) is 3.22.